The third-order valence-electron chi connectivity index (χ3n) is 5.49. The largest absolute Gasteiger partial charge is 0.374 e. The molecule has 0 aliphatic carbocycles. The van der Waals surface area contributed by atoms with E-state index in [1.807, 2.05) is 6.07 Å². The van der Waals surface area contributed by atoms with Crippen LogP contribution in [0.1, 0.15) is 21.7 Å². The standard InChI is InChI=1S/C22H25ClN4O7S2/c1-36(30,31)18(24)16-10-33-15(9-34-16)8-32-7-13-11-35-22-17(13)20(28)26-19(27-22)21(29)25-6-12-3-2-4-14(23)5-12/h2-5,11,15-16,18H,6-10,24H2,1H3,(H,25,29)(H,26,27,28). The van der Waals surface area contributed by atoms with Gasteiger partial charge in [0.2, 0.25) is 5.82 Å². The van der Waals surface area contributed by atoms with Crippen LogP contribution in [-0.4, -0.2) is 68.0 Å². The van der Waals surface area contributed by atoms with Gasteiger partial charge >= 0.3 is 0 Å². The molecule has 1 aromatic carbocycles. The molecule has 4 rings (SSSR count). The first-order valence-corrected chi connectivity index (χ1v) is 14.1. The number of carbonyl (C=O) groups excluding carboxylic acids is 1. The zero-order valence-corrected chi connectivity index (χ0v) is 21.6. The number of amides is 1. The number of sulfone groups is 1. The number of nitrogens with one attached hydrogen (secondary N) is 2. The van der Waals surface area contributed by atoms with Crippen LogP contribution in [0.3, 0.4) is 0 Å². The van der Waals surface area contributed by atoms with Gasteiger partial charge in [-0.15, -0.1) is 11.3 Å². The molecule has 11 nitrogen and oxygen atoms in total. The van der Waals surface area contributed by atoms with Crippen LogP contribution in [0.2, 0.25) is 5.02 Å². The Morgan fingerprint density at radius 3 is 2.89 bits per heavy atom. The van der Waals surface area contributed by atoms with Gasteiger partial charge in [0.25, 0.3) is 11.5 Å². The second-order valence-electron chi connectivity index (χ2n) is 8.30. The SMILES string of the molecule is CS(=O)(=O)C(N)C1COC(COCc2csc3nc(C(=O)NCc4cccc(Cl)c4)[nH]c(=O)c23)CO1. The van der Waals surface area contributed by atoms with Gasteiger partial charge in [-0.3, -0.25) is 9.59 Å². The Morgan fingerprint density at radius 2 is 2.19 bits per heavy atom. The summed E-state index contributed by atoms with van der Waals surface area (Å²) in [6.07, 6.45) is -0.0864. The number of benzene rings is 1. The molecule has 1 aliphatic rings. The first kappa shape index (κ1) is 26.7. The van der Waals surface area contributed by atoms with Crippen LogP contribution < -0.4 is 16.6 Å². The summed E-state index contributed by atoms with van der Waals surface area (Å²) in [5, 5.41) is 4.22. The Morgan fingerprint density at radius 1 is 1.39 bits per heavy atom. The molecule has 194 valence electrons. The highest BCUT2D eigenvalue weighted by molar-refractivity contribution is 7.91. The molecule has 2 aromatic heterocycles. The maximum atomic E-state index is 12.7. The Kier molecular flexibility index (Phi) is 8.40. The van der Waals surface area contributed by atoms with Crippen LogP contribution in [0.4, 0.5) is 0 Å². The van der Waals surface area contributed by atoms with E-state index in [2.05, 4.69) is 15.3 Å². The lowest BCUT2D eigenvalue weighted by molar-refractivity contribution is -0.152. The minimum Gasteiger partial charge on any atom is -0.374 e. The van der Waals surface area contributed by atoms with E-state index >= 15 is 0 Å². The smallest absolute Gasteiger partial charge is 0.287 e. The van der Waals surface area contributed by atoms with Gasteiger partial charge in [-0.25, -0.2) is 13.4 Å². The van der Waals surface area contributed by atoms with E-state index < -0.39 is 38.9 Å². The first-order chi connectivity index (χ1) is 17.1. The maximum absolute atomic E-state index is 12.7. The highest BCUT2D eigenvalue weighted by Gasteiger charge is 2.32. The number of fused-ring (bicyclic) bond motifs is 1. The summed E-state index contributed by atoms with van der Waals surface area (Å²) in [4.78, 5) is 32.5. The van der Waals surface area contributed by atoms with Crippen LogP contribution >= 0.6 is 22.9 Å². The van der Waals surface area contributed by atoms with E-state index in [9.17, 15) is 18.0 Å². The van der Waals surface area contributed by atoms with Gasteiger partial charge in [-0.1, -0.05) is 23.7 Å². The van der Waals surface area contributed by atoms with Crippen molar-refractivity contribution in [2.24, 2.45) is 5.73 Å². The van der Waals surface area contributed by atoms with E-state index in [0.717, 1.165) is 11.8 Å². The lowest BCUT2D eigenvalue weighted by Gasteiger charge is -2.31. The predicted molar refractivity (Wildman–Crippen MR) is 135 cm³/mol. The molecule has 3 atom stereocenters. The summed E-state index contributed by atoms with van der Waals surface area (Å²) < 4.78 is 40.0. The van der Waals surface area contributed by atoms with E-state index in [1.54, 1.807) is 23.6 Å². The van der Waals surface area contributed by atoms with Gasteiger partial charge < -0.3 is 30.2 Å². The molecule has 4 N–H and O–H groups in total. The Bertz CT molecular complexity index is 1400. The molecule has 1 aliphatic heterocycles. The van der Waals surface area contributed by atoms with Crippen molar-refractivity contribution in [2.45, 2.75) is 30.7 Å². The molecule has 0 bridgehead atoms. The Balaban J connectivity index is 1.32. The van der Waals surface area contributed by atoms with Crippen LogP contribution in [0, 0.1) is 0 Å². The first-order valence-electron chi connectivity index (χ1n) is 10.9. The third kappa shape index (κ3) is 6.48. The topological polar surface area (TPSA) is 163 Å². The van der Waals surface area contributed by atoms with Gasteiger partial charge in [-0.2, -0.15) is 0 Å². The summed E-state index contributed by atoms with van der Waals surface area (Å²) in [6.45, 7) is 0.701. The number of aromatic amines is 1. The monoisotopic (exact) mass is 556 g/mol. The minimum absolute atomic E-state index is 0.0371. The van der Waals surface area contributed by atoms with E-state index in [0.29, 0.717) is 20.8 Å². The molecule has 14 heteroatoms. The third-order valence-corrected chi connectivity index (χ3v) is 7.94. The normalized spacial score (nSPS) is 19.3. The highest BCUT2D eigenvalue weighted by atomic mass is 35.5. The van der Waals surface area contributed by atoms with Crippen LogP contribution in [0.15, 0.2) is 34.4 Å². The van der Waals surface area contributed by atoms with Gasteiger partial charge in [0, 0.05) is 23.4 Å². The van der Waals surface area contributed by atoms with Crippen molar-refractivity contribution < 1.29 is 27.4 Å². The molecule has 1 saturated heterocycles. The van der Waals surface area contributed by atoms with Crippen LogP contribution in [-0.2, 0) is 37.2 Å². The number of aromatic nitrogens is 2. The fourth-order valence-corrected chi connectivity index (χ4v) is 5.40. The number of carbonyl (C=O) groups is 1. The fraction of sp³-hybridized carbons (Fsp3) is 0.409. The average Bonchev–Trinajstić information content (AvgIpc) is 3.25. The number of rotatable bonds is 9. The van der Waals surface area contributed by atoms with Crippen molar-refractivity contribution in [3.63, 3.8) is 0 Å². The molecule has 0 saturated carbocycles. The number of halogens is 1. The second-order valence-corrected chi connectivity index (χ2v) is 11.8. The molecule has 0 radical (unpaired) electrons. The van der Waals surface area contributed by atoms with Crippen molar-refractivity contribution >= 4 is 48.9 Å². The molecule has 1 fully saturated rings. The van der Waals surface area contributed by atoms with Crippen molar-refractivity contribution in [1.82, 2.24) is 15.3 Å². The highest BCUT2D eigenvalue weighted by Crippen LogP contribution is 2.22. The number of H-pyrrole nitrogens is 1. The molecular weight excluding hydrogens is 532 g/mol. The molecule has 3 unspecified atom stereocenters. The molecule has 1 amide bonds. The minimum atomic E-state index is -3.44. The van der Waals surface area contributed by atoms with Crippen molar-refractivity contribution in [1.29, 1.82) is 0 Å². The average molecular weight is 557 g/mol. The van der Waals surface area contributed by atoms with Gasteiger partial charge in [0.05, 0.1) is 31.8 Å². The predicted octanol–water partition coefficient (Wildman–Crippen LogP) is 1.20. The number of nitrogens with two attached hydrogens (primary N) is 1. The summed E-state index contributed by atoms with van der Waals surface area (Å²) in [6, 6.07) is 7.08. The zero-order valence-electron chi connectivity index (χ0n) is 19.2. The van der Waals surface area contributed by atoms with E-state index in [1.165, 1.54) is 11.3 Å². The van der Waals surface area contributed by atoms with Crippen LogP contribution in [0.5, 0.6) is 0 Å². The molecular formula is C22H25ClN4O7S2. The molecule has 3 heterocycles. The van der Waals surface area contributed by atoms with Crippen molar-refractivity contribution in [3.8, 4) is 0 Å². The van der Waals surface area contributed by atoms with E-state index in [4.69, 9.17) is 31.5 Å². The molecule has 3 aromatic rings. The zero-order chi connectivity index (χ0) is 25.9. The lowest BCUT2D eigenvalue weighted by atomic mass is 10.2. The summed E-state index contributed by atoms with van der Waals surface area (Å²) in [5.41, 5.74) is 6.69. The number of ether oxygens (including phenoxy) is 3. The number of hydrogen-bond donors (Lipinski definition) is 3. The summed E-state index contributed by atoms with van der Waals surface area (Å²) in [7, 11) is -3.44. The lowest BCUT2D eigenvalue weighted by Crippen LogP contribution is -2.50. The van der Waals surface area contributed by atoms with Gasteiger partial charge in [0.15, 0.2) is 9.84 Å². The summed E-state index contributed by atoms with van der Waals surface area (Å²) in [5.74, 6) is -0.595. The Labute approximate surface area is 215 Å². The van der Waals surface area contributed by atoms with Gasteiger partial charge in [-0.05, 0) is 23.1 Å². The molecule has 0 spiro atoms. The van der Waals surface area contributed by atoms with Crippen LogP contribution in [0.25, 0.3) is 10.2 Å². The quantitative estimate of drug-likeness (QED) is 0.351. The summed E-state index contributed by atoms with van der Waals surface area (Å²) >= 11 is 7.19. The Hall–Kier alpha value is -2.39. The second kappa shape index (κ2) is 11.3. The molecule has 36 heavy (non-hydrogen) atoms. The fourth-order valence-electron chi connectivity index (χ4n) is 3.55. The number of nitrogens with zero attached hydrogens (tertiary/aromatic N) is 1. The van der Waals surface area contributed by atoms with Crippen molar-refractivity contribution in [2.75, 3.05) is 26.1 Å². The number of hydrogen-bond acceptors (Lipinski definition) is 10. The van der Waals surface area contributed by atoms with E-state index in [-0.39, 0.29) is 38.8 Å². The van der Waals surface area contributed by atoms with Gasteiger partial charge in [0.1, 0.15) is 22.4 Å². The number of thiophene rings is 1. The maximum Gasteiger partial charge on any atom is 0.287 e. The van der Waals surface area contributed by atoms with Crippen molar-refractivity contribution in [3.05, 3.63) is 62.0 Å².